The quantitative estimate of drug-likeness (QED) is 0.158. The Hall–Kier alpha value is -4.05. The van der Waals surface area contributed by atoms with E-state index in [4.69, 9.17) is 27.9 Å². The summed E-state index contributed by atoms with van der Waals surface area (Å²) in [7, 11) is -2.76. The van der Waals surface area contributed by atoms with Crippen molar-refractivity contribution in [2.75, 3.05) is 18.0 Å². The number of anilines is 1. The van der Waals surface area contributed by atoms with Crippen molar-refractivity contribution in [3.05, 3.63) is 124 Å². The number of methoxy groups -OCH3 is 1. The molecule has 0 bridgehead atoms. The number of ether oxygens (including phenoxy) is 1. The van der Waals surface area contributed by atoms with E-state index in [9.17, 15) is 18.0 Å². The van der Waals surface area contributed by atoms with Crippen LogP contribution in [0.4, 0.5) is 5.69 Å². The lowest BCUT2D eigenvalue weighted by Crippen LogP contribution is -2.55. The fourth-order valence-corrected chi connectivity index (χ4v) is 7.56. The average Bonchev–Trinajstić information content (AvgIpc) is 3.10. The van der Waals surface area contributed by atoms with Crippen LogP contribution >= 0.6 is 23.2 Å². The smallest absolute Gasteiger partial charge is 0.264 e. The lowest BCUT2D eigenvalue weighted by atomic mass is 9.94. The van der Waals surface area contributed by atoms with Crippen LogP contribution in [0, 0.1) is 0 Å². The molecule has 1 N–H and O–H groups in total. The van der Waals surface area contributed by atoms with Gasteiger partial charge in [0.05, 0.1) is 17.7 Å². The first-order chi connectivity index (χ1) is 23.1. The first-order valence-electron chi connectivity index (χ1n) is 15.9. The third-order valence-corrected chi connectivity index (χ3v) is 10.8. The summed E-state index contributed by atoms with van der Waals surface area (Å²) in [6, 6.07) is 27.8. The number of carbonyl (C=O) groups excluding carboxylic acids is 2. The molecule has 0 aromatic heterocycles. The number of rotatable bonds is 13. The van der Waals surface area contributed by atoms with Crippen molar-refractivity contribution in [3.8, 4) is 5.75 Å². The molecule has 4 aromatic rings. The van der Waals surface area contributed by atoms with E-state index in [2.05, 4.69) is 5.32 Å². The number of halogens is 2. The fraction of sp³-hybridized carbons (Fsp3) is 0.297. The maximum atomic E-state index is 14.6. The van der Waals surface area contributed by atoms with Gasteiger partial charge in [-0.25, -0.2) is 8.42 Å². The van der Waals surface area contributed by atoms with E-state index in [1.807, 2.05) is 30.3 Å². The minimum atomic E-state index is -4.26. The summed E-state index contributed by atoms with van der Waals surface area (Å²) in [6.45, 7) is -0.506. The Morgan fingerprint density at radius 2 is 1.42 bits per heavy atom. The van der Waals surface area contributed by atoms with E-state index in [1.165, 1.54) is 24.1 Å². The molecule has 1 atom stereocenters. The van der Waals surface area contributed by atoms with Crippen LogP contribution in [0.2, 0.25) is 10.0 Å². The SMILES string of the molecule is COc1ccc(S(=O)(=O)N(CC(=O)N(Cc2ccc(Cl)cc2)C(Cc2ccccc2)C(=O)NC2CCCCC2)c2ccc(Cl)cc2)cc1. The van der Waals surface area contributed by atoms with Crippen molar-refractivity contribution in [2.24, 2.45) is 0 Å². The molecule has 252 valence electrons. The van der Waals surface area contributed by atoms with Crippen molar-refractivity contribution in [1.29, 1.82) is 0 Å². The molecule has 5 rings (SSSR count). The number of hydrogen-bond acceptors (Lipinski definition) is 5. The molecule has 0 radical (unpaired) electrons. The van der Waals surface area contributed by atoms with Crippen molar-refractivity contribution in [3.63, 3.8) is 0 Å². The molecule has 0 heterocycles. The first-order valence-corrected chi connectivity index (χ1v) is 18.1. The Morgan fingerprint density at radius 3 is 2.02 bits per heavy atom. The second-order valence-electron chi connectivity index (χ2n) is 11.9. The number of nitrogens with zero attached hydrogens (tertiary/aromatic N) is 2. The molecule has 0 aliphatic heterocycles. The summed E-state index contributed by atoms with van der Waals surface area (Å²) in [4.78, 5) is 30.3. The van der Waals surface area contributed by atoms with Crippen LogP contribution in [-0.2, 0) is 32.6 Å². The van der Waals surface area contributed by atoms with Crippen LogP contribution < -0.4 is 14.4 Å². The zero-order valence-corrected chi connectivity index (χ0v) is 29.1. The van der Waals surface area contributed by atoms with Crippen LogP contribution in [0.3, 0.4) is 0 Å². The highest BCUT2D eigenvalue weighted by atomic mass is 35.5. The topological polar surface area (TPSA) is 96.0 Å². The summed E-state index contributed by atoms with van der Waals surface area (Å²) >= 11 is 12.3. The number of sulfonamides is 1. The molecular formula is C37H39Cl2N3O5S. The molecule has 11 heteroatoms. The molecule has 1 aliphatic carbocycles. The zero-order chi connectivity index (χ0) is 34.1. The number of benzene rings is 4. The normalized spacial score (nSPS) is 14.1. The van der Waals surface area contributed by atoms with Gasteiger partial charge < -0.3 is 15.0 Å². The predicted octanol–water partition coefficient (Wildman–Crippen LogP) is 7.29. The first kappa shape index (κ1) is 35.3. The van der Waals surface area contributed by atoms with Crippen molar-refractivity contribution >= 4 is 50.7 Å². The number of nitrogens with one attached hydrogen (secondary N) is 1. The highest BCUT2D eigenvalue weighted by Crippen LogP contribution is 2.28. The monoisotopic (exact) mass is 707 g/mol. The van der Waals surface area contributed by atoms with Gasteiger partial charge in [-0.2, -0.15) is 0 Å². The lowest BCUT2D eigenvalue weighted by Gasteiger charge is -2.35. The molecule has 8 nitrogen and oxygen atoms in total. The molecule has 2 amide bonds. The lowest BCUT2D eigenvalue weighted by molar-refractivity contribution is -0.140. The summed E-state index contributed by atoms with van der Waals surface area (Å²) in [5.41, 5.74) is 1.87. The standard InChI is InChI=1S/C37H39Cl2N3O5S/c1-47-33-20-22-34(23-21-33)48(45,46)42(32-18-16-30(39)17-19-32)26-36(43)41(25-28-12-14-29(38)15-13-28)35(24-27-8-4-2-5-9-27)37(44)40-31-10-6-3-7-11-31/h2,4-5,8-9,12-23,31,35H,3,6-7,10-11,24-26H2,1H3,(H,40,44). The molecule has 48 heavy (non-hydrogen) atoms. The highest BCUT2D eigenvalue weighted by Gasteiger charge is 2.35. The Balaban J connectivity index is 1.55. The summed E-state index contributed by atoms with van der Waals surface area (Å²) in [5.74, 6) is -0.328. The van der Waals surface area contributed by atoms with Gasteiger partial charge in [0.2, 0.25) is 11.8 Å². The molecule has 1 aliphatic rings. The Labute approximate surface area is 292 Å². The maximum absolute atomic E-state index is 14.6. The zero-order valence-electron chi connectivity index (χ0n) is 26.7. The third-order valence-electron chi connectivity index (χ3n) is 8.53. The highest BCUT2D eigenvalue weighted by molar-refractivity contribution is 7.92. The molecule has 0 spiro atoms. The summed E-state index contributed by atoms with van der Waals surface area (Å²) in [5, 5.41) is 4.16. The third kappa shape index (κ3) is 9.09. The Bertz CT molecular complexity index is 1760. The van der Waals surface area contributed by atoms with Crippen molar-refractivity contribution in [2.45, 2.75) is 62.0 Å². The van der Waals surface area contributed by atoms with Crippen LogP contribution in [0.1, 0.15) is 43.2 Å². The summed E-state index contributed by atoms with van der Waals surface area (Å²) in [6.07, 6.45) is 5.18. The minimum Gasteiger partial charge on any atom is -0.497 e. The fourth-order valence-electron chi connectivity index (χ4n) is 5.90. The number of carbonyl (C=O) groups is 2. The van der Waals surface area contributed by atoms with E-state index in [1.54, 1.807) is 60.7 Å². The number of hydrogen-bond donors (Lipinski definition) is 1. The average molecular weight is 709 g/mol. The molecule has 0 saturated heterocycles. The molecule has 1 saturated carbocycles. The van der Waals surface area contributed by atoms with E-state index in [0.717, 1.165) is 47.5 Å². The van der Waals surface area contributed by atoms with Gasteiger partial charge in [-0.3, -0.25) is 13.9 Å². The van der Waals surface area contributed by atoms with E-state index >= 15 is 0 Å². The van der Waals surface area contributed by atoms with Gasteiger partial charge >= 0.3 is 0 Å². The Kier molecular flexibility index (Phi) is 12.0. The van der Waals surface area contributed by atoms with Crippen LogP contribution in [0.5, 0.6) is 5.75 Å². The maximum Gasteiger partial charge on any atom is 0.264 e. The van der Waals surface area contributed by atoms with E-state index in [-0.39, 0.29) is 35.5 Å². The van der Waals surface area contributed by atoms with Crippen LogP contribution in [-0.4, -0.2) is 50.9 Å². The largest absolute Gasteiger partial charge is 0.497 e. The van der Waals surface area contributed by atoms with Gasteiger partial charge in [-0.05, 0) is 84.6 Å². The van der Waals surface area contributed by atoms with Gasteiger partial charge in [-0.15, -0.1) is 0 Å². The van der Waals surface area contributed by atoms with Crippen molar-refractivity contribution < 1.29 is 22.7 Å². The molecule has 4 aromatic carbocycles. The van der Waals surface area contributed by atoms with Gasteiger partial charge in [0.25, 0.3) is 10.0 Å². The van der Waals surface area contributed by atoms with E-state index < -0.39 is 28.5 Å². The van der Waals surface area contributed by atoms with Gasteiger partial charge in [0.1, 0.15) is 18.3 Å². The second kappa shape index (κ2) is 16.4. The molecule has 1 fully saturated rings. The Morgan fingerprint density at radius 1 is 0.812 bits per heavy atom. The van der Waals surface area contributed by atoms with E-state index in [0.29, 0.717) is 15.8 Å². The van der Waals surface area contributed by atoms with Crippen molar-refractivity contribution in [1.82, 2.24) is 10.2 Å². The second-order valence-corrected chi connectivity index (χ2v) is 14.6. The van der Waals surface area contributed by atoms with Crippen LogP contribution in [0.15, 0.2) is 108 Å². The molecular weight excluding hydrogens is 669 g/mol. The van der Waals surface area contributed by atoms with Gasteiger partial charge in [-0.1, -0.05) is 84.9 Å². The minimum absolute atomic E-state index is 0.0121. The predicted molar refractivity (Wildman–Crippen MR) is 190 cm³/mol. The van der Waals surface area contributed by atoms with Gasteiger partial charge in [0.15, 0.2) is 0 Å². The summed E-state index contributed by atoms with van der Waals surface area (Å²) < 4.78 is 34.7. The molecule has 1 unspecified atom stereocenters. The number of amides is 2. The van der Waals surface area contributed by atoms with Crippen LogP contribution in [0.25, 0.3) is 0 Å². The van der Waals surface area contributed by atoms with Gasteiger partial charge in [0, 0.05) is 29.1 Å².